The van der Waals surface area contributed by atoms with Crippen LogP contribution >= 0.6 is 26.0 Å². The highest BCUT2D eigenvalue weighted by Crippen LogP contribution is 2.51. The first-order chi connectivity index (χ1) is 10.1. The number of phosphoric acid groups is 1. The summed E-state index contributed by atoms with van der Waals surface area (Å²) in [5, 5.41) is 9.07. The van der Waals surface area contributed by atoms with E-state index in [0.717, 1.165) is 12.8 Å². The molecule has 0 aromatic rings. The van der Waals surface area contributed by atoms with E-state index in [9.17, 15) is 14.0 Å². The van der Waals surface area contributed by atoms with Crippen molar-refractivity contribution >= 4 is 33.8 Å². The average molecular weight is 378 g/mol. The van der Waals surface area contributed by atoms with Gasteiger partial charge in [-0.3, -0.25) is 9.05 Å². The van der Waals surface area contributed by atoms with E-state index in [1.54, 1.807) is 0 Å². The van der Waals surface area contributed by atoms with Gasteiger partial charge in [-0.25, -0.2) is 9.13 Å². The first-order valence-corrected chi connectivity index (χ1v) is 11.4. The number of phosphoric ester groups is 1. The molecule has 2 unspecified atom stereocenters. The van der Waals surface area contributed by atoms with Crippen molar-refractivity contribution in [1.82, 2.24) is 0 Å². The zero-order valence-corrected chi connectivity index (χ0v) is 14.7. The molecule has 0 saturated carbocycles. The molecule has 1 fully saturated rings. The van der Waals surface area contributed by atoms with Crippen molar-refractivity contribution in [2.45, 2.75) is 24.9 Å². The van der Waals surface area contributed by atoms with Crippen molar-refractivity contribution in [3.05, 3.63) is 0 Å². The summed E-state index contributed by atoms with van der Waals surface area (Å²) in [6, 6.07) is 0.0936. The summed E-state index contributed by atoms with van der Waals surface area (Å²) in [4.78, 5) is 27.0. The quantitative estimate of drug-likeness (QED) is 0.295. The van der Waals surface area contributed by atoms with Crippen molar-refractivity contribution in [3.8, 4) is 0 Å². The summed E-state index contributed by atoms with van der Waals surface area (Å²) >= 11 is 0.345. The van der Waals surface area contributed by atoms with Crippen molar-refractivity contribution in [1.29, 1.82) is 0 Å². The Hall–Kier alpha value is 0.595. The SMILES string of the molecule is B[C@H]1CC[C@@H](COP(=O)(O)OCC(CO)CSP(=O)(O)O)O1. The first-order valence-electron chi connectivity index (χ1n) is 6.69. The van der Waals surface area contributed by atoms with Gasteiger partial charge in [0.25, 0.3) is 0 Å². The molecule has 0 aliphatic carbocycles. The Kier molecular flexibility index (Phi) is 8.61. The van der Waals surface area contributed by atoms with Crippen LogP contribution in [0.2, 0.25) is 0 Å². The van der Waals surface area contributed by atoms with Crippen LogP contribution in [0.1, 0.15) is 12.8 Å². The van der Waals surface area contributed by atoms with E-state index in [-0.39, 0.29) is 31.1 Å². The normalized spacial score (nSPS) is 26.7. The lowest BCUT2D eigenvalue weighted by atomic mass is 9.97. The molecule has 1 heterocycles. The second kappa shape index (κ2) is 9.18. The molecule has 0 radical (unpaired) electrons. The van der Waals surface area contributed by atoms with Crippen LogP contribution < -0.4 is 0 Å². The summed E-state index contributed by atoms with van der Waals surface area (Å²) < 4.78 is 37.4. The van der Waals surface area contributed by atoms with E-state index in [1.807, 2.05) is 7.85 Å². The molecule has 0 aromatic heterocycles. The molecule has 0 spiro atoms. The molecule has 13 heteroatoms. The van der Waals surface area contributed by atoms with Crippen LogP contribution in [-0.4, -0.2) is 65.3 Å². The predicted molar refractivity (Wildman–Crippen MR) is 83.2 cm³/mol. The Morgan fingerprint density at radius 3 is 2.45 bits per heavy atom. The Balaban J connectivity index is 2.30. The maximum atomic E-state index is 11.7. The van der Waals surface area contributed by atoms with E-state index >= 15 is 0 Å². The topological polar surface area (TPSA) is 143 Å². The van der Waals surface area contributed by atoms with Gasteiger partial charge in [-0.2, -0.15) is 0 Å². The molecule has 1 aliphatic heterocycles. The summed E-state index contributed by atoms with van der Waals surface area (Å²) in [5.41, 5.74) is 0. The fourth-order valence-electron chi connectivity index (χ4n) is 1.78. The lowest BCUT2D eigenvalue weighted by Gasteiger charge is -2.18. The molecule has 9 nitrogen and oxygen atoms in total. The highest BCUT2D eigenvalue weighted by molar-refractivity contribution is 8.54. The smallest absolute Gasteiger partial charge is 0.396 e. The molecular weight excluding hydrogens is 357 g/mol. The molecule has 4 atom stereocenters. The van der Waals surface area contributed by atoms with Crippen molar-refractivity contribution in [2.75, 3.05) is 25.6 Å². The molecule has 4 N–H and O–H groups in total. The molecule has 22 heavy (non-hydrogen) atoms. The van der Waals surface area contributed by atoms with Gasteiger partial charge in [0.1, 0.15) is 7.85 Å². The third-order valence-electron chi connectivity index (χ3n) is 2.95. The van der Waals surface area contributed by atoms with Gasteiger partial charge in [0.2, 0.25) is 0 Å². The predicted octanol–water partition coefficient (Wildman–Crippen LogP) is -0.307. The van der Waals surface area contributed by atoms with Crippen molar-refractivity contribution in [2.24, 2.45) is 5.92 Å². The van der Waals surface area contributed by atoms with Gasteiger partial charge in [0, 0.05) is 24.3 Å². The lowest BCUT2D eigenvalue weighted by molar-refractivity contribution is 0.0323. The van der Waals surface area contributed by atoms with Gasteiger partial charge in [-0.15, -0.1) is 0 Å². The molecule has 1 saturated heterocycles. The number of rotatable bonds is 10. The van der Waals surface area contributed by atoms with Gasteiger partial charge < -0.3 is 24.5 Å². The maximum absolute atomic E-state index is 11.7. The van der Waals surface area contributed by atoms with Gasteiger partial charge in [0.15, 0.2) is 0 Å². The van der Waals surface area contributed by atoms with Gasteiger partial charge >= 0.3 is 14.6 Å². The molecule has 1 aliphatic rings. The van der Waals surface area contributed by atoms with E-state index in [2.05, 4.69) is 0 Å². The fourth-order valence-corrected chi connectivity index (χ4v) is 4.43. The number of ether oxygens (including phenoxy) is 1. The zero-order valence-electron chi connectivity index (χ0n) is 12.1. The van der Waals surface area contributed by atoms with Gasteiger partial charge in [-0.1, -0.05) is 0 Å². The van der Waals surface area contributed by atoms with Crippen molar-refractivity contribution < 1.29 is 42.7 Å². The van der Waals surface area contributed by atoms with E-state index < -0.39 is 27.1 Å². The van der Waals surface area contributed by atoms with Crippen LogP contribution in [0.4, 0.5) is 0 Å². The minimum Gasteiger partial charge on any atom is -0.396 e. The van der Waals surface area contributed by atoms with Crippen LogP contribution in [-0.2, 0) is 22.9 Å². The molecule has 130 valence electrons. The number of aliphatic hydroxyl groups excluding tert-OH is 1. The zero-order chi connectivity index (χ0) is 16.8. The number of hydrogen-bond donors (Lipinski definition) is 4. The molecular formula is C9H21BO9P2S. The first kappa shape index (κ1) is 20.6. The largest absolute Gasteiger partial charge is 0.472 e. The van der Waals surface area contributed by atoms with Gasteiger partial charge in [-0.05, 0) is 24.2 Å². The number of aliphatic hydroxyl groups is 1. The molecule has 0 bridgehead atoms. The summed E-state index contributed by atoms with van der Waals surface area (Å²) in [7, 11) is -2.39. The Morgan fingerprint density at radius 1 is 1.27 bits per heavy atom. The fraction of sp³-hybridized carbons (Fsp3) is 1.00. The Bertz CT molecular complexity index is 433. The monoisotopic (exact) mass is 378 g/mol. The minimum absolute atomic E-state index is 0.0703. The Morgan fingerprint density at radius 2 is 1.95 bits per heavy atom. The number of hydrogen-bond acceptors (Lipinski definition) is 7. The second-order valence-corrected chi connectivity index (χ2v) is 10.3. The van der Waals surface area contributed by atoms with E-state index in [4.69, 9.17) is 28.7 Å². The second-order valence-electron chi connectivity index (χ2n) is 5.04. The van der Waals surface area contributed by atoms with Crippen LogP contribution in [0, 0.1) is 5.92 Å². The van der Waals surface area contributed by atoms with Crippen LogP contribution in [0.15, 0.2) is 0 Å². The molecule has 0 aromatic carbocycles. The molecule has 1 rings (SSSR count). The third kappa shape index (κ3) is 9.03. The van der Waals surface area contributed by atoms with Crippen molar-refractivity contribution in [3.63, 3.8) is 0 Å². The third-order valence-corrected chi connectivity index (χ3v) is 6.32. The summed E-state index contributed by atoms with van der Waals surface area (Å²) in [6.07, 6.45) is 1.34. The van der Waals surface area contributed by atoms with Crippen LogP contribution in [0.25, 0.3) is 0 Å². The van der Waals surface area contributed by atoms with Crippen LogP contribution in [0.5, 0.6) is 0 Å². The highest BCUT2D eigenvalue weighted by atomic mass is 32.7. The van der Waals surface area contributed by atoms with Crippen LogP contribution in [0.3, 0.4) is 0 Å². The Labute approximate surface area is 133 Å². The maximum Gasteiger partial charge on any atom is 0.472 e. The standard InChI is InChI=1S/C9H21BO9P2S/c10-9-2-1-8(19-9)5-18-21(15,16)17-4-7(3-11)6-22-20(12,13)14/h7-9,11H,1-6,10H2,(H,15,16)(H2,12,13,14)/t7?,8-,9+/m0/s1. The highest BCUT2D eigenvalue weighted by Gasteiger charge is 2.29. The summed E-state index contributed by atoms with van der Waals surface area (Å²) in [6.45, 7) is -5.11. The molecule has 0 amide bonds. The average Bonchev–Trinajstić information content (AvgIpc) is 2.81. The lowest BCUT2D eigenvalue weighted by Crippen LogP contribution is -2.19. The summed E-state index contributed by atoms with van der Waals surface area (Å²) in [5.74, 6) is -0.797. The van der Waals surface area contributed by atoms with Gasteiger partial charge in [0.05, 0.1) is 19.3 Å². The van der Waals surface area contributed by atoms with E-state index in [1.165, 1.54) is 0 Å². The van der Waals surface area contributed by atoms with E-state index in [0.29, 0.717) is 11.4 Å². The minimum atomic E-state index is -4.29.